The fourth-order valence-corrected chi connectivity index (χ4v) is 3.96. The van der Waals surface area contributed by atoms with E-state index in [1.165, 1.54) is 5.69 Å². The summed E-state index contributed by atoms with van der Waals surface area (Å²) in [7, 11) is 0. The zero-order valence-electron chi connectivity index (χ0n) is 16.5. The van der Waals surface area contributed by atoms with Gasteiger partial charge in [0.15, 0.2) is 0 Å². The van der Waals surface area contributed by atoms with Gasteiger partial charge in [-0.25, -0.2) is 0 Å². The van der Waals surface area contributed by atoms with E-state index in [0.29, 0.717) is 13.2 Å². The lowest BCUT2D eigenvalue weighted by Crippen LogP contribution is -2.42. The Labute approximate surface area is 166 Å². The Kier molecular flexibility index (Phi) is 5.76. The number of hydrogen-bond donors (Lipinski definition) is 0. The molecular weight excluding hydrogens is 352 g/mol. The SMILES string of the molecule is Cc1cc(N2CCCN(C(=O)CN3CCOc4ccccc4C3)CC2)ccn1. The van der Waals surface area contributed by atoms with Gasteiger partial charge in [0.2, 0.25) is 5.91 Å². The van der Waals surface area contributed by atoms with Crippen LogP contribution >= 0.6 is 0 Å². The van der Waals surface area contributed by atoms with Crippen molar-refractivity contribution in [3.63, 3.8) is 0 Å². The van der Waals surface area contributed by atoms with Gasteiger partial charge in [-0.1, -0.05) is 18.2 Å². The zero-order valence-corrected chi connectivity index (χ0v) is 16.5. The molecule has 2 aliphatic rings. The number of pyridine rings is 1. The summed E-state index contributed by atoms with van der Waals surface area (Å²) in [6.07, 6.45) is 2.84. The Balaban J connectivity index is 1.35. The highest BCUT2D eigenvalue weighted by Crippen LogP contribution is 2.22. The molecule has 0 radical (unpaired) electrons. The molecule has 1 fully saturated rings. The molecule has 0 aliphatic carbocycles. The molecule has 1 aromatic carbocycles. The number of ether oxygens (including phenoxy) is 1. The van der Waals surface area contributed by atoms with Gasteiger partial charge in [0.05, 0.1) is 6.54 Å². The Morgan fingerprint density at radius 2 is 2.00 bits per heavy atom. The predicted octanol–water partition coefficient (Wildman–Crippen LogP) is 2.32. The normalized spacial score (nSPS) is 18.0. The molecule has 6 heteroatoms. The molecule has 1 saturated heterocycles. The first kappa shape index (κ1) is 18.7. The Morgan fingerprint density at radius 1 is 1.11 bits per heavy atom. The summed E-state index contributed by atoms with van der Waals surface area (Å²) >= 11 is 0. The van der Waals surface area contributed by atoms with E-state index in [1.807, 2.05) is 36.2 Å². The van der Waals surface area contributed by atoms with Crippen molar-refractivity contribution in [2.24, 2.45) is 0 Å². The smallest absolute Gasteiger partial charge is 0.236 e. The van der Waals surface area contributed by atoms with Crippen molar-refractivity contribution in [1.29, 1.82) is 0 Å². The highest BCUT2D eigenvalue weighted by molar-refractivity contribution is 5.78. The third-order valence-corrected chi connectivity index (χ3v) is 5.48. The van der Waals surface area contributed by atoms with Crippen molar-refractivity contribution >= 4 is 11.6 Å². The second-order valence-corrected chi connectivity index (χ2v) is 7.54. The molecule has 4 rings (SSSR count). The predicted molar refractivity (Wildman–Crippen MR) is 110 cm³/mol. The van der Waals surface area contributed by atoms with Crippen molar-refractivity contribution in [3.8, 4) is 5.75 Å². The third kappa shape index (κ3) is 4.44. The lowest BCUT2D eigenvalue weighted by atomic mass is 10.2. The van der Waals surface area contributed by atoms with Crippen molar-refractivity contribution in [1.82, 2.24) is 14.8 Å². The summed E-state index contributed by atoms with van der Waals surface area (Å²) in [6, 6.07) is 12.3. The molecule has 28 heavy (non-hydrogen) atoms. The largest absolute Gasteiger partial charge is 0.492 e. The lowest BCUT2D eigenvalue weighted by molar-refractivity contribution is -0.132. The molecular formula is C22H28N4O2. The van der Waals surface area contributed by atoms with Crippen LogP contribution in [-0.4, -0.2) is 66.6 Å². The lowest BCUT2D eigenvalue weighted by Gasteiger charge is -2.26. The van der Waals surface area contributed by atoms with Crippen LogP contribution in [0.3, 0.4) is 0 Å². The van der Waals surface area contributed by atoms with Gasteiger partial charge in [0, 0.05) is 62.4 Å². The van der Waals surface area contributed by atoms with Gasteiger partial charge in [0.25, 0.3) is 0 Å². The maximum absolute atomic E-state index is 13.0. The molecule has 0 spiro atoms. The number of hydrogen-bond acceptors (Lipinski definition) is 5. The van der Waals surface area contributed by atoms with Crippen LogP contribution in [0.5, 0.6) is 5.75 Å². The summed E-state index contributed by atoms with van der Waals surface area (Å²) in [5, 5.41) is 0. The van der Waals surface area contributed by atoms with E-state index in [9.17, 15) is 4.79 Å². The van der Waals surface area contributed by atoms with Gasteiger partial charge in [-0.05, 0) is 31.5 Å². The Hall–Kier alpha value is -2.60. The van der Waals surface area contributed by atoms with Crippen molar-refractivity contribution in [3.05, 3.63) is 53.9 Å². The molecule has 2 aliphatic heterocycles. The molecule has 6 nitrogen and oxygen atoms in total. The number of carbonyl (C=O) groups is 1. The molecule has 0 saturated carbocycles. The van der Waals surface area contributed by atoms with Gasteiger partial charge >= 0.3 is 0 Å². The quantitative estimate of drug-likeness (QED) is 0.818. The second-order valence-electron chi connectivity index (χ2n) is 7.54. The highest BCUT2D eigenvalue weighted by Gasteiger charge is 2.23. The van der Waals surface area contributed by atoms with Gasteiger partial charge < -0.3 is 14.5 Å². The summed E-state index contributed by atoms with van der Waals surface area (Å²) in [5.74, 6) is 1.16. The van der Waals surface area contributed by atoms with E-state index >= 15 is 0 Å². The van der Waals surface area contributed by atoms with Gasteiger partial charge in [-0.3, -0.25) is 14.7 Å². The van der Waals surface area contributed by atoms with Crippen LogP contribution in [0.25, 0.3) is 0 Å². The minimum atomic E-state index is 0.215. The number of fused-ring (bicyclic) bond motifs is 1. The van der Waals surface area contributed by atoms with E-state index in [4.69, 9.17) is 4.74 Å². The second kappa shape index (κ2) is 8.61. The first-order chi connectivity index (χ1) is 13.7. The minimum absolute atomic E-state index is 0.215. The van der Waals surface area contributed by atoms with Crippen LogP contribution in [0.15, 0.2) is 42.6 Å². The van der Waals surface area contributed by atoms with E-state index < -0.39 is 0 Å². The average Bonchev–Trinajstić information content (AvgIpc) is 3.06. The number of rotatable bonds is 3. The topological polar surface area (TPSA) is 48.9 Å². The van der Waals surface area contributed by atoms with Crippen molar-refractivity contribution < 1.29 is 9.53 Å². The number of aromatic nitrogens is 1. The Bertz CT molecular complexity index is 826. The van der Waals surface area contributed by atoms with Crippen LogP contribution in [0, 0.1) is 6.92 Å². The van der Waals surface area contributed by atoms with Crippen LogP contribution in [0.2, 0.25) is 0 Å². The third-order valence-electron chi connectivity index (χ3n) is 5.48. The minimum Gasteiger partial charge on any atom is -0.492 e. The highest BCUT2D eigenvalue weighted by atomic mass is 16.5. The molecule has 0 unspecified atom stereocenters. The van der Waals surface area contributed by atoms with Crippen molar-refractivity contribution in [2.75, 3.05) is 50.8 Å². The van der Waals surface area contributed by atoms with Crippen LogP contribution in [-0.2, 0) is 11.3 Å². The zero-order chi connectivity index (χ0) is 19.3. The first-order valence-electron chi connectivity index (χ1n) is 10.1. The fraction of sp³-hybridized carbons (Fsp3) is 0.455. The maximum atomic E-state index is 13.0. The number of anilines is 1. The molecule has 2 aromatic rings. The van der Waals surface area contributed by atoms with E-state index in [2.05, 4.69) is 33.0 Å². The summed E-state index contributed by atoms with van der Waals surface area (Å²) in [5.41, 5.74) is 3.38. The monoisotopic (exact) mass is 380 g/mol. The molecule has 1 amide bonds. The van der Waals surface area contributed by atoms with Gasteiger partial charge in [-0.15, -0.1) is 0 Å². The average molecular weight is 380 g/mol. The number of para-hydroxylation sites is 1. The Morgan fingerprint density at radius 3 is 2.89 bits per heavy atom. The molecule has 0 atom stereocenters. The molecule has 0 bridgehead atoms. The molecule has 0 N–H and O–H groups in total. The number of carbonyl (C=O) groups excluding carboxylic acids is 1. The summed E-state index contributed by atoms with van der Waals surface area (Å²) in [6.45, 7) is 8.04. The van der Waals surface area contributed by atoms with E-state index in [0.717, 1.165) is 62.7 Å². The van der Waals surface area contributed by atoms with Crippen LogP contribution < -0.4 is 9.64 Å². The van der Waals surface area contributed by atoms with Crippen LogP contribution in [0.4, 0.5) is 5.69 Å². The molecule has 1 aromatic heterocycles. The van der Waals surface area contributed by atoms with Gasteiger partial charge in [0.1, 0.15) is 12.4 Å². The van der Waals surface area contributed by atoms with E-state index in [1.54, 1.807) is 0 Å². The summed E-state index contributed by atoms with van der Waals surface area (Å²) < 4.78 is 5.82. The maximum Gasteiger partial charge on any atom is 0.236 e. The molecule has 148 valence electrons. The van der Waals surface area contributed by atoms with Crippen LogP contribution in [0.1, 0.15) is 17.7 Å². The standard InChI is InChI=1S/C22H28N4O2/c1-18-15-20(7-8-23-18)25-9-4-10-26(12-11-25)22(27)17-24-13-14-28-21-6-3-2-5-19(21)16-24/h2-3,5-8,15H,4,9-14,16-17H2,1H3. The molecule has 3 heterocycles. The summed E-state index contributed by atoms with van der Waals surface area (Å²) in [4.78, 5) is 23.8. The number of benzene rings is 1. The van der Waals surface area contributed by atoms with E-state index in [-0.39, 0.29) is 5.91 Å². The number of aryl methyl sites for hydroxylation is 1. The van der Waals surface area contributed by atoms with Crippen molar-refractivity contribution in [2.45, 2.75) is 19.9 Å². The van der Waals surface area contributed by atoms with Gasteiger partial charge in [-0.2, -0.15) is 0 Å². The first-order valence-corrected chi connectivity index (χ1v) is 10.1. The number of nitrogens with zero attached hydrogens (tertiary/aromatic N) is 4. The number of amides is 1. The fourth-order valence-electron chi connectivity index (χ4n) is 3.96.